The normalized spacial score (nSPS) is 15.3. The van der Waals surface area contributed by atoms with Crippen LogP contribution in [-0.4, -0.2) is 27.5 Å². The molecular formula is C30H29N3O2S. The third-order valence-corrected chi connectivity index (χ3v) is 7.81. The number of nitrogens with zero attached hydrogens (tertiary/aromatic N) is 2. The molecule has 0 radical (unpaired) electrons. The van der Waals surface area contributed by atoms with Crippen molar-refractivity contribution in [1.29, 1.82) is 0 Å². The highest BCUT2D eigenvalue weighted by Gasteiger charge is 2.24. The molecule has 0 spiro atoms. The first kappa shape index (κ1) is 24.3. The third kappa shape index (κ3) is 6.02. The van der Waals surface area contributed by atoms with E-state index in [0.717, 1.165) is 43.4 Å². The number of allylic oxidation sites excluding steroid dienone is 1. The second kappa shape index (κ2) is 11.5. The molecule has 4 aromatic rings. The van der Waals surface area contributed by atoms with Gasteiger partial charge in [-0.05, 0) is 47.2 Å². The number of benzene rings is 3. The number of hydrogen-bond donors (Lipinski definition) is 2. The van der Waals surface area contributed by atoms with Gasteiger partial charge in [-0.15, -0.1) is 11.8 Å². The summed E-state index contributed by atoms with van der Waals surface area (Å²) in [4.78, 5) is 19.5. The number of fused-ring (bicyclic) bond motifs is 1. The molecule has 1 unspecified atom stereocenters. The number of carbonyl (C=O) groups excluding carboxylic acids is 1. The maximum Gasteiger partial charge on any atom is 0.280 e. The van der Waals surface area contributed by atoms with Gasteiger partial charge in [0.2, 0.25) is 0 Å². The molecule has 36 heavy (non-hydrogen) atoms. The van der Waals surface area contributed by atoms with E-state index in [2.05, 4.69) is 82.7 Å². The van der Waals surface area contributed by atoms with Gasteiger partial charge < -0.3 is 0 Å². The Balaban J connectivity index is 1.33. The SMILES string of the molecule is O=C(NO)C1=CCC(c2cccc(CN(CCc3ccccc3)Cc3cnc4ccccc4c3)c2)S1. The number of nitrogens with one attached hydrogen (secondary N) is 1. The van der Waals surface area contributed by atoms with E-state index in [9.17, 15) is 4.79 Å². The van der Waals surface area contributed by atoms with Crippen molar-refractivity contribution < 1.29 is 10.0 Å². The number of pyridine rings is 1. The predicted molar refractivity (Wildman–Crippen MR) is 145 cm³/mol. The first-order valence-electron chi connectivity index (χ1n) is 12.2. The molecule has 0 saturated carbocycles. The van der Waals surface area contributed by atoms with Crippen LogP contribution >= 0.6 is 11.8 Å². The molecule has 0 saturated heterocycles. The van der Waals surface area contributed by atoms with Gasteiger partial charge in [0.05, 0.1) is 10.4 Å². The predicted octanol–water partition coefficient (Wildman–Crippen LogP) is 6.05. The van der Waals surface area contributed by atoms with E-state index >= 15 is 0 Å². The number of hydrogen-bond acceptors (Lipinski definition) is 5. The molecule has 2 heterocycles. The Labute approximate surface area is 215 Å². The molecule has 2 N–H and O–H groups in total. The molecule has 5 rings (SSSR count). The van der Waals surface area contributed by atoms with Gasteiger partial charge >= 0.3 is 0 Å². The molecule has 0 fully saturated rings. The van der Waals surface area contributed by atoms with Gasteiger partial charge in [-0.25, -0.2) is 5.48 Å². The molecule has 1 aromatic heterocycles. The molecule has 0 aliphatic carbocycles. The topological polar surface area (TPSA) is 65.5 Å². The van der Waals surface area contributed by atoms with Gasteiger partial charge in [-0.3, -0.25) is 19.9 Å². The number of amides is 1. The lowest BCUT2D eigenvalue weighted by Crippen LogP contribution is -2.25. The first-order chi connectivity index (χ1) is 17.7. The highest BCUT2D eigenvalue weighted by atomic mass is 32.2. The summed E-state index contributed by atoms with van der Waals surface area (Å²) in [6.07, 6.45) is 5.64. The second-order valence-corrected chi connectivity index (χ2v) is 10.3. The Morgan fingerprint density at radius 1 is 0.944 bits per heavy atom. The number of rotatable bonds is 9. The molecular weight excluding hydrogens is 466 g/mol. The summed E-state index contributed by atoms with van der Waals surface area (Å²) in [6.45, 7) is 2.57. The van der Waals surface area contributed by atoms with Crippen LogP contribution in [0.2, 0.25) is 0 Å². The van der Waals surface area contributed by atoms with E-state index in [1.807, 2.05) is 24.4 Å². The van der Waals surface area contributed by atoms with Crippen molar-refractivity contribution in [3.05, 3.63) is 124 Å². The summed E-state index contributed by atoms with van der Waals surface area (Å²) in [7, 11) is 0. The number of carbonyl (C=O) groups is 1. The summed E-state index contributed by atoms with van der Waals surface area (Å²) in [5.74, 6) is -0.435. The summed E-state index contributed by atoms with van der Waals surface area (Å²) >= 11 is 1.50. The monoisotopic (exact) mass is 495 g/mol. The van der Waals surface area contributed by atoms with Crippen molar-refractivity contribution in [3.8, 4) is 0 Å². The summed E-state index contributed by atoms with van der Waals surface area (Å²) in [6, 6.07) is 29.7. The Kier molecular flexibility index (Phi) is 7.76. The molecule has 5 nitrogen and oxygen atoms in total. The highest BCUT2D eigenvalue weighted by molar-refractivity contribution is 8.04. The highest BCUT2D eigenvalue weighted by Crippen LogP contribution is 2.43. The Bertz CT molecular complexity index is 1370. The van der Waals surface area contributed by atoms with E-state index in [1.165, 1.54) is 34.0 Å². The van der Waals surface area contributed by atoms with Crippen molar-refractivity contribution in [2.24, 2.45) is 0 Å². The van der Waals surface area contributed by atoms with E-state index in [4.69, 9.17) is 5.21 Å². The quantitative estimate of drug-likeness (QED) is 0.219. The lowest BCUT2D eigenvalue weighted by Gasteiger charge is -2.23. The van der Waals surface area contributed by atoms with Crippen LogP contribution < -0.4 is 5.48 Å². The van der Waals surface area contributed by atoms with E-state index < -0.39 is 5.91 Å². The number of para-hydroxylation sites is 1. The van der Waals surface area contributed by atoms with Crippen molar-refractivity contribution in [2.45, 2.75) is 31.2 Å². The number of thioether (sulfide) groups is 1. The molecule has 0 bridgehead atoms. The van der Waals surface area contributed by atoms with Crippen LogP contribution in [0.1, 0.15) is 33.9 Å². The fourth-order valence-corrected chi connectivity index (χ4v) is 5.75. The molecule has 182 valence electrons. The van der Waals surface area contributed by atoms with Crippen LogP contribution in [0.3, 0.4) is 0 Å². The Hall–Kier alpha value is -3.45. The molecule has 1 aliphatic rings. The summed E-state index contributed by atoms with van der Waals surface area (Å²) in [5, 5.41) is 10.3. The van der Waals surface area contributed by atoms with Crippen LogP contribution in [0, 0.1) is 0 Å². The third-order valence-electron chi connectivity index (χ3n) is 6.45. The van der Waals surface area contributed by atoms with Crippen LogP contribution in [0.25, 0.3) is 10.9 Å². The average Bonchev–Trinajstić information content (AvgIpc) is 3.43. The standard InChI is InChI=1S/C30H29N3O2S/c34-30(32-35)29-14-13-28(36-29)26-11-6-9-23(17-26)20-33(16-15-22-7-2-1-3-8-22)21-24-18-25-10-4-5-12-27(25)31-19-24/h1-12,14,17-19,28,35H,13,15-16,20-21H2,(H,32,34). The van der Waals surface area contributed by atoms with Gasteiger partial charge in [0.1, 0.15) is 0 Å². The minimum atomic E-state index is -0.435. The van der Waals surface area contributed by atoms with Gasteiger partial charge in [0, 0.05) is 36.5 Å². The van der Waals surface area contributed by atoms with Gasteiger partial charge in [-0.1, -0.05) is 78.9 Å². The molecule has 1 amide bonds. The first-order valence-corrected chi connectivity index (χ1v) is 13.1. The molecule has 6 heteroatoms. The van der Waals surface area contributed by atoms with Crippen LogP contribution in [0.5, 0.6) is 0 Å². The van der Waals surface area contributed by atoms with E-state index in [0.29, 0.717) is 4.91 Å². The zero-order valence-electron chi connectivity index (χ0n) is 20.0. The van der Waals surface area contributed by atoms with Crippen molar-refractivity contribution in [1.82, 2.24) is 15.4 Å². The van der Waals surface area contributed by atoms with Crippen molar-refractivity contribution >= 4 is 28.6 Å². The van der Waals surface area contributed by atoms with Crippen LogP contribution in [0.15, 0.2) is 102 Å². The van der Waals surface area contributed by atoms with Crippen molar-refractivity contribution in [2.75, 3.05) is 6.54 Å². The van der Waals surface area contributed by atoms with Gasteiger partial charge in [-0.2, -0.15) is 0 Å². The zero-order chi connectivity index (χ0) is 24.7. The maximum atomic E-state index is 11.8. The summed E-state index contributed by atoms with van der Waals surface area (Å²) in [5.41, 5.74) is 7.73. The molecule has 1 aliphatic heterocycles. The minimum Gasteiger partial charge on any atom is -0.294 e. The van der Waals surface area contributed by atoms with E-state index in [1.54, 1.807) is 5.48 Å². The lowest BCUT2D eigenvalue weighted by molar-refractivity contribution is -0.124. The molecule has 1 atom stereocenters. The molecule has 3 aromatic carbocycles. The smallest absolute Gasteiger partial charge is 0.280 e. The van der Waals surface area contributed by atoms with Gasteiger partial charge in [0.25, 0.3) is 5.91 Å². The lowest BCUT2D eigenvalue weighted by atomic mass is 10.0. The average molecular weight is 496 g/mol. The van der Waals surface area contributed by atoms with Crippen LogP contribution in [-0.2, 0) is 24.3 Å². The number of hydroxylamine groups is 1. The maximum absolute atomic E-state index is 11.8. The summed E-state index contributed by atoms with van der Waals surface area (Å²) < 4.78 is 0. The largest absolute Gasteiger partial charge is 0.294 e. The Morgan fingerprint density at radius 3 is 2.58 bits per heavy atom. The van der Waals surface area contributed by atoms with Gasteiger partial charge in [0.15, 0.2) is 0 Å². The van der Waals surface area contributed by atoms with E-state index in [-0.39, 0.29) is 5.25 Å². The fourth-order valence-electron chi connectivity index (χ4n) is 4.63. The fraction of sp³-hybridized carbons (Fsp3) is 0.200. The van der Waals surface area contributed by atoms with Crippen molar-refractivity contribution in [3.63, 3.8) is 0 Å². The Morgan fingerprint density at radius 2 is 1.72 bits per heavy atom. The minimum absolute atomic E-state index is 0.180. The second-order valence-electron chi connectivity index (χ2n) is 9.08. The zero-order valence-corrected chi connectivity index (χ0v) is 20.8. The van der Waals surface area contributed by atoms with Crippen LogP contribution in [0.4, 0.5) is 0 Å². The number of aromatic nitrogens is 1.